The predicted molar refractivity (Wildman–Crippen MR) is 155 cm³/mol. The van der Waals surface area contributed by atoms with Crippen LogP contribution in [0.1, 0.15) is 11.1 Å². The van der Waals surface area contributed by atoms with Crippen LogP contribution in [0.2, 0.25) is 0 Å². The monoisotopic (exact) mass is 478 g/mol. The van der Waals surface area contributed by atoms with Crippen LogP contribution in [-0.4, -0.2) is 24.8 Å². The SMILES string of the molecule is [B]c1ccc2c(c1)c1ccccc1n2-c1cc(C#N)c(C#N)cc1-n1c2ccccc2c2cc([B])ccc21. The maximum absolute atomic E-state index is 9.98. The number of fused-ring (bicyclic) bond motifs is 6. The van der Waals surface area contributed by atoms with Crippen molar-refractivity contribution in [1.82, 2.24) is 9.13 Å². The van der Waals surface area contributed by atoms with Crippen molar-refractivity contribution >= 4 is 70.2 Å². The molecule has 0 N–H and O–H groups in total. The fourth-order valence-corrected chi connectivity index (χ4v) is 5.62. The molecule has 6 heteroatoms. The van der Waals surface area contributed by atoms with Crippen LogP contribution in [0.4, 0.5) is 0 Å². The number of aromatic nitrogens is 2. The standard InChI is InChI=1S/C32H16B2N4/c33-21-9-11-29-25(15-21)23-5-1-3-7-27(23)37(29)31-13-19(17-35)20(18-36)14-32(31)38-28-8-4-2-6-24(28)26-16-22(34)10-12-30(26)38/h1-16H. The van der Waals surface area contributed by atoms with Gasteiger partial charge in [-0.2, -0.15) is 10.5 Å². The molecule has 0 spiro atoms. The van der Waals surface area contributed by atoms with E-state index in [-0.39, 0.29) is 0 Å². The van der Waals surface area contributed by atoms with Gasteiger partial charge in [-0.05, 0) is 36.4 Å². The number of hydrogen-bond acceptors (Lipinski definition) is 2. The Labute approximate surface area is 221 Å². The molecule has 2 aromatic heterocycles. The van der Waals surface area contributed by atoms with Crippen LogP contribution in [0.25, 0.3) is 55.0 Å². The maximum Gasteiger partial charge on any atom is 0.113 e. The van der Waals surface area contributed by atoms with Gasteiger partial charge in [-0.15, -0.1) is 0 Å². The summed E-state index contributed by atoms with van der Waals surface area (Å²) in [6.45, 7) is 0. The molecule has 5 aromatic carbocycles. The summed E-state index contributed by atoms with van der Waals surface area (Å²) in [5, 5.41) is 24.1. The van der Waals surface area contributed by atoms with Crippen LogP contribution in [0.3, 0.4) is 0 Å². The van der Waals surface area contributed by atoms with E-state index in [2.05, 4.69) is 45.5 Å². The Kier molecular flexibility index (Phi) is 4.74. The molecule has 0 saturated carbocycles. The first-order valence-electron chi connectivity index (χ1n) is 12.2. The molecular weight excluding hydrogens is 462 g/mol. The number of hydrogen-bond donors (Lipinski definition) is 0. The highest BCUT2D eigenvalue weighted by atomic mass is 15.1. The van der Waals surface area contributed by atoms with Crippen LogP contribution in [-0.2, 0) is 0 Å². The van der Waals surface area contributed by atoms with Crippen LogP contribution in [0.5, 0.6) is 0 Å². The zero-order valence-electron chi connectivity index (χ0n) is 20.2. The molecule has 0 aliphatic heterocycles. The van der Waals surface area contributed by atoms with E-state index in [1.165, 1.54) is 0 Å². The first kappa shape index (κ1) is 22.0. The summed E-state index contributed by atoms with van der Waals surface area (Å²) in [6, 6.07) is 36.1. The van der Waals surface area contributed by atoms with Crippen LogP contribution in [0.15, 0.2) is 97.1 Å². The van der Waals surface area contributed by atoms with E-state index in [9.17, 15) is 10.5 Å². The van der Waals surface area contributed by atoms with Crippen molar-refractivity contribution in [2.24, 2.45) is 0 Å². The molecule has 0 unspecified atom stereocenters. The van der Waals surface area contributed by atoms with Crippen molar-refractivity contribution < 1.29 is 0 Å². The van der Waals surface area contributed by atoms with Crippen molar-refractivity contribution in [2.75, 3.05) is 0 Å². The van der Waals surface area contributed by atoms with Gasteiger partial charge in [0.2, 0.25) is 0 Å². The van der Waals surface area contributed by atoms with Crippen LogP contribution in [0, 0.1) is 22.7 Å². The summed E-state index contributed by atoms with van der Waals surface area (Å²) in [6.07, 6.45) is 0. The molecule has 170 valence electrons. The lowest BCUT2D eigenvalue weighted by Crippen LogP contribution is -2.07. The van der Waals surface area contributed by atoms with E-state index in [0.29, 0.717) is 22.1 Å². The second kappa shape index (κ2) is 8.17. The third-order valence-electron chi connectivity index (χ3n) is 7.23. The molecule has 0 fully saturated rings. The molecule has 0 amide bonds. The highest BCUT2D eigenvalue weighted by molar-refractivity contribution is 6.34. The lowest BCUT2D eigenvalue weighted by molar-refractivity contribution is 1.09. The molecule has 4 nitrogen and oxygen atoms in total. The topological polar surface area (TPSA) is 57.4 Å². The van der Waals surface area contributed by atoms with Crippen LogP contribution >= 0.6 is 0 Å². The van der Waals surface area contributed by atoms with E-state index in [1.807, 2.05) is 72.8 Å². The van der Waals surface area contributed by atoms with Crippen molar-refractivity contribution in [2.45, 2.75) is 0 Å². The molecule has 0 saturated heterocycles. The first-order valence-corrected chi connectivity index (χ1v) is 12.2. The molecule has 7 rings (SSSR count). The molecule has 0 aliphatic carbocycles. The van der Waals surface area contributed by atoms with Gasteiger partial charge in [0.15, 0.2) is 0 Å². The molecule has 0 bridgehead atoms. The molecule has 4 radical (unpaired) electrons. The zero-order chi connectivity index (χ0) is 26.0. The predicted octanol–water partition coefficient (Wildman–Crippen LogP) is 5.21. The Hall–Kier alpha value is -5.19. The molecule has 0 atom stereocenters. The molecule has 2 heterocycles. The molecule has 7 aromatic rings. The zero-order valence-corrected chi connectivity index (χ0v) is 20.2. The molecule has 0 aliphatic rings. The number of nitrogens with zero attached hydrogens (tertiary/aromatic N) is 4. The van der Waals surface area contributed by atoms with Gasteiger partial charge in [-0.25, -0.2) is 0 Å². The van der Waals surface area contributed by atoms with Crippen molar-refractivity contribution in [3.63, 3.8) is 0 Å². The van der Waals surface area contributed by atoms with Gasteiger partial charge in [0.05, 0.1) is 44.6 Å². The second-order valence-corrected chi connectivity index (χ2v) is 9.37. The third-order valence-corrected chi connectivity index (χ3v) is 7.23. The largest absolute Gasteiger partial charge is 0.307 e. The van der Waals surface area contributed by atoms with Gasteiger partial charge in [-0.3, -0.25) is 0 Å². The number of benzene rings is 5. The Bertz CT molecular complexity index is 2030. The van der Waals surface area contributed by atoms with Gasteiger partial charge >= 0.3 is 0 Å². The van der Waals surface area contributed by atoms with E-state index in [1.54, 1.807) is 0 Å². The quantitative estimate of drug-likeness (QED) is 0.321. The van der Waals surface area contributed by atoms with E-state index < -0.39 is 0 Å². The Morgan fingerprint density at radius 1 is 0.474 bits per heavy atom. The summed E-state index contributed by atoms with van der Waals surface area (Å²) in [4.78, 5) is 0. The minimum absolute atomic E-state index is 0.317. The molecular formula is C32H16B2N4. The van der Waals surface area contributed by atoms with Gasteiger partial charge in [0, 0.05) is 21.5 Å². The summed E-state index contributed by atoms with van der Waals surface area (Å²) in [7, 11) is 12.4. The second-order valence-electron chi connectivity index (χ2n) is 9.37. The Morgan fingerprint density at radius 2 is 0.868 bits per heavy atom. The van der Waals surface area contributed by atoms with E-state index in [4.69, 9.17) is 15.7 Å². The van der Waals surface area contributed by atoms with Gasteiger partial charge in [-0.1, -0.05) is 71.6 Å². The Morgan fingerprint density at radius 3 is 1.29 bits per heavy atom. The summed E-state index contributed by atoms with van der Waals surface area (Å²) < 4.78 is 4.30. The van der Waals surface area contributed by atoms with E-state index in [0.717, 1.165) is 55.0 Å². The maximum atomic E-state index is 9.98. The number of para-hydroxylation sites is 2. The fourth-order valence-electron chi connectivity index (χ4n) is 5.62. The summed E-state index contributed by atoms with van der Waals surface area (Å²) in [5.41, 5.74) is 7.44. The summed E-state index contributed by atoms with van der Waals surface area (Å²) in [5.74, 6) is 0. The lowest BCUT2D eigenvalue weighted by atomic mass is 9.94. The first-order chi connectivity index (χ1) is 18.6. The third kappa shape index (κ3) is 3.05. The Balaban J connectivity index is 1.71. The smallest absolute Gasteiger partial charge is 0.113 e. The highest BCUT2D eigenvalue weighted by Crippen LogP contribution is 2.38. The minimum atomic E-state index is 0.317. The lowest BCUT2D eigenvalue weighted by Gasteiger charge is -2.18. The molecule has 38 heavy (non-hydrogen) atoms. The normalized spacial score (nSPS) is 11.3. The van der Waals surface area contributed by atoms with Crippen molar-refractivity contribution in [3.05, 3.63) is 108 Å². The minimum Gasteiger partial charge on any atom is -0.307 e. The van der Waals surface area contributed by atoms with Crippen LogP contribution < -0.4 is 10.9 Å². The number of nitriles is 2. The van der Waals surface area contributed by atoms with Crippen molar-refractivity contribution in [1.29, 1.82) is 10.5 Å². The fraction of sp³-hybridized carbons (Fsp3) is 0. The highest BCUT2D eigenvalue weighted by Gasteiger charge is 2.21. The van der Waals surface area contributed by atoms with Gasteiger partial charge < -0.3 is 9.13 Å². The van der Waals surface area contributed by atoms with Crippen molar-refractivity contribution in [3.8, 4) is 23.5 Å². The van der Waals surface area contributed by atoms with E-state index >= 15 is 0 Å². The van der Waals surface area contributed by atoms with Gasteiger partial charge in [0.1, 0.15) is 27.8 Å². The summed E-state index contributed by atoms with van der Waals surface area (Å²) >= 11 is 0. The number of rotatable bonds is 2. The average Bonchev–Trinajstić information content (AvgIpc) is 3.44. The van der Waals surface area contributed by atoms with Gasteiger partial charge in [0.25, 0.3) is 0 Å². The average molecular weight is 478 g/mol.